The van der Waals surface area contributed by atoms with E-state index in [1.54, 1.807) is 11.3 Å². The predicted octanol–water partition coefficient (Wildman–Crippen LogP) is 3.09. The fourth-order valence-electron chi connectivity index (χ4n) is 2.31. The molecule has 1 aliphatic carbocycles. The van der Waals surface area contributed by atoms with Crippen LogP contribution in [-0.4, -0.2) is 33.8 Å². The molecule has 0 spiro atoms. The van der Waals surface area contributed by atoms with Gasteiger partial charge in [0.1, 0.15) is 4.83 Å². The van der Waals surface area contributed by atoms with Gasteiger partial charge in [0.25, 0.3) is 5.91 Å². The van der Waals surface area contributed by atoms with Gasteiger partial charge >= 0.3 is 0 Å². The number of carbonyl (C=O) groups is 1. The number of amides is 1. The van der Waals surface area contributed by atoms with Gasteiger partial charge in [-0.25, -0.2) is 4.98 Å². The quantitative estimate of drug-likeness (QED) is 0.743. The summed E-state index contributed by atoms with van der Waals surface area (Å²) in [7, 11) is 1.89. The van der Waals surface area contributed by atoms with E-state index in [1.165, 1.54) is 24.2 Å². The summed E-state index contributed by atoms with van der Waals surface area (Å²) in [6.07, 6.45) is 4.54. The van der Waals surface area contributed by atoms with Crippen molar-refractivity contribution < 1.29 is 4.79 Å². The summed E-state index contributed by atoms with van der Waals surface area (Å²) < 4.78 is 2.05. The highest BCUT2D eigenvalue weighted by molar-refractivity contribution is 7.21. The number of fused-ring (bicyclic) bond motifs is 3. The second kappa shape index (κ2) is 4.05. The highest BCUT2D eigenvalue weighted by Gasteiger charge is 2.26. The first-order valence-electron chi connectivity index (χ1n) is 6.33. The molecule has 0 atom stereocenters. The van der Waals surface area contributed by atoms with E-state index in [1.807, 2.05) is 34.0 Å². The number of thiophene rings is 1. The zero-order chi connectivity index (χ0) is 13.0. The molecule has 3 heterocycles. The van der Waals surface area contributed by atoms with Gasteiger partial charge in [0.15, 0.2) is 4.96 Å². The third-order valence-corrected chi connectivity index (χ3v) is 5.29. The molecule has 19 heavy (non-hydrogen) atoms. The Hall–Kier alpha value is -1.40. The molecule has 0 saturated heterocycles. The second-order valence-corrected chi connectivity index (χ2v) is 7.00. The van der Waals surface area contributed by atoms with Crippen LogP contribution in [0.2, 0.25) is 0 Å². The summed E-state index contributed by atoms with van der Waals surface area (Å²) in [5.41, 5.74) is 1.05. The second-order valence-electron chi connectivity index (χ2n) is 5.10. The molecular formula is C13H13N3OS2. The van der Waals surface area contributed by atoms with Crippen LogP contribution in [0.4, 0.5) is 0 Å². The third-order valence-electron chi connectivity index (χ3n) is 3.53. The summed E-state index contributed by atoms with van der Waals surface area (Å²) in [6, 6.07) is 1.97. The van der Waals surface area contributed by atoms with Gasteiger partial charge in [0.05, 0.1) is 10.4 Å². The Morgan fingerprint density at radius 2 is 2.42 bits per heavy atom. The molecule has 4 nitrogen and oxygen atoms in total. The van der Waals surface area contributed by atoms with Crippen molar-refractivity contribution in [3.8, 4) is 0 Å². The lowest BCUT2D eigenvalue weighted by Gasteiger charge is -2.15. The molecule has 1 amide bonds. The van der Waals surface area contributed by atoms with Gasteiger partial charge in [-0.05, 0) is 24.8 Å². The number of carbonyl (C=O) groups excluding carboxylic acids is 1. The summed E-state index contributed by atoms with van der Waals surface area (Å²) in [5.74, 6) is 0.849. The smallest absolute Gasteiger partial charge is 0.263 e. The van der Waals surface area contributed by atoms with Crippen LogP contribution in [0.1, 0.15) is 22.5 Å². The van der Waals surface area contributed by atoms with Crippen LogP contribution in [-0.2, 0) is 0 Å². The maximum Gasteiger partial charge on any atom is 0.263 e. The Balaban J connectivity index is 1.69. The average Bonchev–Trinajstić information content (AvgIpc) is 2.83. The first-order valence-corrected chi connectivity index (χ1v) is 8.02. The van der Waals surface area contributed by atoms with Crippen molar-refractivity contribution in [3.05, 3.63) is 22.5 Å². The summed E-state index contributed by atoms with van der Waals surface area (Å²) in [5, 5.41) is 2.01. The monoisotopic (exact) mass is 291 g/mol. The molecule has 3 aromatic heterocycles. The molecule has 3 aromatic rings. The van der Waals surface area contributed by atoms with Gasteiger partial charge < -0.3 is 4.90 Å². The molecule has 0 bridgehead atoms. The van der Waals surface area contributed by atoms with Crippen LogP contribution >= 0.6 is 22.7 Å². The number of thiazole rings is 1. The standard InChI is InChI=1S/C13H13N3OS2/c1-15(7-8-2-3-8)12(17)10-6-9-11(19-10)14-13-16(9)4-5-18-13/h4-6,8H,2-3,7H2,1H3. The van der Waals surface area contributed by atoms with Crippen molar-refractivity contribution in [2.45, 2.75) is 12.8 Å². The Morgan fingerprint density at radius 3 is 3.21 bits per heavy atom. The van der Waals surface area contributed by atoms with Crippen molar-refractivity contribution in [3.63, 3.8) is 0 Å². The van der Waals surface area contributed by atoms with Crippen molar-refractivity contribution in [2.75, 3.05) is 13.6 Å². The average molecular weight is 291 g/mol. The van der Waals surface area contributed by atoms with E-state index in [-0.39, 0.29) is 5.91 Å². The van der Waals surface area contributed by atoms with Crippen LogP contribution in [0.25, 0.3) is 15.3 Å². The highest BCUT2D eigenvalue weighted by Crippen LogP contribution is 2.31. The normalized spacial score (nSPS) is 15.4. The van der Waals surface area contributed by atoms with Crippen LogP contribution < -0.4 is 0 Å². The number of nitrogens with zero attached hydrogens (tertiary/aromatic N) is 3. The van der Waals surface area contributed by atoms with Gasteiger partial charge in [-0.15, -0.1) is 22.7 Å². The lowest BCUT2D eigenvalue weighted by Crippen LogP contribution is -2.27. The topological polar surface area (TPSA) is 37.6 Å². The number of hydrogen-bond donors (Lipinski definition) is 0. The van der Waals surface area contributed by atoms with Gasteiger partial charge in [-0.1, -0.05) is 0 Å². The van der Waals surface area contributed by atoms with Gasteiger partial charge in [0, 0.05) is 25.2 Å². The van der Waals surface area contributed by atoms with E-state index >= 15 is 0 Å². The summed E-state index contributed by atoms with van der Waals surface area (Å²) in [6.45, 7) is 0.884. The lowest BCUT2D eigenvalue weighted by atomic mass is 10.3. The zero-order valence-corrected chi connectivity index (χ0v) is 12.1. The summed E-state index contributed by atoms with van der Waals surface area (Å²) >= 11 is 3.11. The van der Waals surface area contributed by atoms with Crippen LogP contribution in [0.15, 0.2) is 17.6 Å². The lowest BCUT2D eigenvalue weighted by molar-refractivity contribution is 0.0793. The highest BCUT2D eigenvalue weighted by atomic mass is 32.1. The Labute approximate surface area is 118 Å². The molecule has 0 unspecified atom stereocenters. The molecule has 0 aromatic carbocycles. The Morgan fingerprint density at radius 1 is 1.58 bits per heavy atom. The van der Waals surface area contributed by atoms with Gasteiger partial charge in [-0.2, -0.15) is 0 Å². The van der Waals surface area contributed by atoms with Crippen molar-refractivity contribution in [2.24, 2.45) is 5.92 Å². The molecule has 0 radical (unpaired) electrons. The molecule has 1 aliphatic rings. The minimum atomic E-state index is 0.124. The van der Waals surface area contributed by atoms with E-state index in [0.717, 1.165) is 32.6 Å². The molecular weight excluding hydrogens is 278 g/mol. The van der Waals surface area contributed by atoms with Crippen molar-refractivity contribution >= 4 is 43.9 Å². The van der Waals surface area contributed by atoms with Gasteiger partial charge in [-0.3, -0.25) is 9.20 Å². The van der Waals surface area contributed by atoms with E-state index in [2.05, 4.69) is 4.98 Å². The zero-order valence-electron chi connectivity index (χ0n) is 10.5. The molecule has 98 valence electrons. The number of imidazole rings is 1. The van der Waals surface area contributed by atoms with E-state index in [0.29, 0.717) is 0 Å². The molecule has 6 heteroatoms. The maximum absolute atomic E-state index is 12.4. The largest absolute Gasteiger partial charge is 0.341 e. The summed E-state index contributed by atoms with van der Waals surface area (Å²) in [4.78, 5) is 21.5. The Kier molecular flexibility index (Phi) is 2.43. The van der Waals surface area contributed by atoms with E-state index < -0.39 is 0 Å². The van der Waals surface area contributed by atoms with E-state index in [4.69, 9.17) is 0 Å². The van der Waals surface area contributed by atoms with Crippen LogP contribution in [0, 0.1) is 5.92 Å². The SMILES string of the molecule is CN(CC1CC1)C(=O)c1cc2c(nc3sccn32)s1. The van der Waals surface area contributed by atoms with E-state index in [9.17, 15) is 4.79 Å². The molecule has 1 saturated carbocycles. The van der Waals surface area contributed by atoms with Crippen molar-refractivity contribution in [1.29, 1.82) is 0 Å². The predicted molar refractivity (Wildman–Crippen MR) is 78.1 cm³/mol. The minimum absolute atomic E-state index is 0.124. The van der Waals surface area contributed by atoms with Crippen molar-refractivity contribution in [1.82, 2.24) is 14.3 Å². The number of rotatable bonds is 3. The fourth-order valence-corrected chi connectivity index (χ4v) is 4.11. The molecule has 0 aliphatic heterocycles. The van der Waals surface area contributed by atoms with Crippen LogP contribution in [0.3, 0.4) is 0 Å². The Bertz CT molecular complexity index is 765. The number of hydrogen-bond acceptors (Lipinski definition) is 4. The molecule has 0 N–H and O–H groups in total. The first kappa shape index (κ1) is 11.4. The van der Waals surface area contributed by atoms with Crippen LogP contribution in [0.5, 0.6) is 0 Å². The first-order chi connectivity index (χ1) is 9.22. The third kappa shape index (κ3) is 1.86. The number of aromatic nitrogens is 2. The van der Waals surface area contributed by atoms with Gasteiger partial charge in [0.2, 0.25) is 0 Å². The fraction of sp³-hybridized carbons (Fsp3) is 0.385. The maximum atomic E-state index is 12.4. The minimum Gasteiger partial charge on any atom is -0.341 e. The molecule has 4 rings (SSSR count). The molecule has 1 fully saturated rings.